The zero-order valence-electron chi connectivity index (χ0n) is 16.8. The minimum Gasteiger partial charge on any atom is -0.493 e. The van der Waals surface area contributed by atoms with Gasteiger partial charge in [-0.05, 0) is 24.0 Å². The molecule has 0 radical (unpaired) electrons. The highest BCUT2D eigenvalue weighted by atomic mass is 16.5. The molecule has 0 spiro atoms. The first-order valence-electron chi connectivity index (χ1n) is 9.90. The van der Waals surface area contributed by atoms with Crippen LogP contribution in [0.25, 0.3) is 0 Å². The number of nitrogens with zero attached hydrogens (tertiary/aromatic N) is 3. The second kappa shape index (κ2) is 7.33. The number of rotatable bonds is 4. The molecule has 1 aliphatic carbocycles. The Morgan fingerprint density at radius 2 is 1.87 bits per heavy atom. The monoisotopic (exact) mass is 402 g/mol. The summed E-state index contributed by atoms with van der Waals surface area (Å²) in [6, 6.07) is 15.4. The lowest BCUT2D eigenvalue weighted by Crippen LogP contribution is -2.33. The van der Waals surface area contributed by atoms with Gasteiger partial charge in [0.25, 0.3) is 0 Å². The van der Waals surface area contributed by atoms with Gasteiger partial charge in [-0.15, -0.1) is 0 Å². The van der Waals surface area contributed by atoms with Gasteiger partial charge in [0.05, 0.1) is 14.2 Å². The van der Waals surface area contributed by atoms with Crippen molar-refractivity contribution < 1.29 is 14.3 Å². The molecule has 2 aliphatic rings. The van der Waals surface area contributed by atoms with E-state index in [0.29, 0.717) is 29.4 Å². The summed E-state index contributed by atoms with van der Waals surface area (Å²) < 4.78 is 12.9. The second-order valence-electron chi connectivity index (χ2n) is 7.47. The fraction of sp³-hybridized carbons (Fsp3) is 0.261. The molecule has 3 aromatic rings. The summed E-state index contributed by atoms with van der Waals surface area (Å²) in [5.74, 6) is 2.06. The molecule has 0 unspecified atom stereocenters. The van der Waals surface area contributed by atoms with Crippen molar-refractivity contribution in [1.82, 2.24) is 14.8 Å². The van der Waals surface area contributed by atoms with Crippen LogP contribution in [0.4, 0.5) is 5.95 Å². The van der Waals surface area contributed by atoms with Crippen LogP contribution in [0.1, 0.15) is 35.9 Å². The largest absolute Gasteiger partial charge is 0.493 e. The molecule has 0 fully saturated rings. The number of hydrogen-bond acceptors (Lipinski definition) is 6. The van der Waals surface area contributed by atoms with Crippen LogP contribution in [-0.4, -0.2) is 34.8 Å². The molecule has 0 saturated carbocycles. The lowest BCUT2D eigenvalue weighted by Gasteiger charge is -2.35. The lowest BCUT2D eigenvalue weighted by molar-refractivity contribution is -0.116. The number of nitrogens with one attached hydrogen (secondary N) is 1. The first-order chi connectivity index (χ1) is 14.7. The van der Waals surface area contributed by atoms with Crippen molar-refractivity contribution in [3.05, 3.63) is 77.3 Å². The Kier molecular flexibility index (Phi) is 4.50. The van der Waals surface area contributed by atoms with Crippen molar-refractivity contribution in [1.29, 1.82) is 0 Å². The number of benzene rings is 2. The van der Waals surface area contributed by atoms with Crippen LogP contribution in [0.5, 0.6) is 11.5 Å². The van der Waals surface area contributed by atoms with Gasteiger partial charge in [0.1, 0.15) is 12.4 Å². The predicted molar refractivity (Wildman–Crippen MR) is 112 cm³/mol. The van der Waals surface area contributed by atoms with Gasteiger partial charge in [0.15, 0.2) is 17.3 Å². The maximum absolute atomic E-state index is 13.5. The molecular weight excluding hydrogens is 380 g/mol. The van der Waals surface area contributed by atoms with Gasteiger partial charge in [-0.3, -0.25) is 4.79 Å². The van der Waals surface area contributed by atoms with E-state index in [4.69, 9.17) is 9.47 Å². The van der Waals surface area contributed by atoms with Crippen LogP contribution >= 0.6 is 0 Å². The molecular formula is C23H22N4O3. The highest BCUT2D eigenvalue weighted by Gasteiger charge is 2.40. The fourth-order valence-electron chi connectivity index (χ4n) is 4.53. The molecule has 0 amide bonds. The Morgan fingerprint density at radius 1 is 1.03 bits per heavy atom. The van der Waals surface area contributed by atoms with Gasteiger partial charge < -0.3 is 14.8 Å². The molecule has 1 aliphatic heterocycles. The number of methoxy groups -OCH3 is 2. The quantitative estimate of drug-likeness (QED) is 0.717. The van der Waals surface area contributed by atoms with Crippen molar-refractivity contribution in [2.24, 2.45) is 0 Å². The Balaban J connectivity index is 1.65. The number of carbonyl (C=O) groups excluding carboxylic acids is 1. The molecule has 30 heavy (non-hydrogen) atoms. The highest BCUT2D eigenvalue weighted by molar-refractivity contribution is 6.00. The molecule has 2 heterocycles. The second-order valence-corrected chi connectivity index (χ2v) is 7.47. The number of aromatic nitrogens is 3. The average Bonchev–Trinajstić information content (AvgIpc) is 3.25. The topological polar surface area (TPSA) is 78.3 Å². The molecule has 2 aromatic carbocycles. The number of allylic oxidation sites excluding steroid dienone is 2. The number of Topliss-reactive ketones (excluding diaryl/α,β-unsaturated/α-hetero) is 1. The number of anilines is 1. The molecule has 5 rings (SSSR count). The summed E-state index contributed by atoms with van der Waals surface area (Å²) in [6.45, 7) is 0. The number of carbonyl (C=O) groups is 1. The third kappa shape index (κ3) is 2.85. The number of ether oxygens (including phenoxy) is 2. The third-order valence-corrected chi connectivity index (χ3v) is 5.86. The summed E-state index contributed by atoms with van der Waals surface area (Å²) >= 11 is 0. The van der Waals surface area contributed by atoms with Gasteiger partial charge >= 0.3 is 0 Å². The first-order valence-corrected chi connectivity index (χ1v) is 9.90. The Hall–Kier alpha value is -3.61. The van der Waals surface area contributed by atoms with E-state index in [1.54, 1.807) is 18.9 Å². The highest BCUT2D eigenvalue weighted by Crippen LogP contribution is 2.47. The first kappa shape index (κ1) is 18.4. The van der Waals surface area contributed by atoms with Gasteiger partial charge in [0, 0.05) is 23.3 Å². The summed E-state index contributed by atoms with van der Waals surface area (Å²) in [7, 11) is 3.21. The van der Waals surface area contributed by atoms with Crippen LogP contribution in [0, 0.1) is 0 Å². The van der Waals surface area contributed by atoms with E-state index in [2.05, 4.69) is 27.5 Å². The Morgan fingerprint density at radius 3 is 2.63 bits per heavy atom. The number of hydrogen-bond donors (Lipinski definition) is 1. The Labute approximate surface area is 174 Å². The fourth-order valence-corrected chi connectivity index (χ4v) is 4.53. The van der Waals surface area contributed by atoms with E-state index in [9.17, 15) is 4.79 Å². The molecule has 0 saturated heterocycles. The maximum Gasteiger partial charge on any atom is 0.226 e. The van der Waals surface area contributed by atoms with Gasteiger partial charge in [-0.25, -0.2) is 4.68 Å². The molecule has 1 N–H and O–H groups in total. The van der Waals surface area contributed by atoms with Crippen LogP contribution in [0.15, 0.2) is 66.1 Å². The summed E-state index contributed by atoms with van der Waals surface area (Å²) in [5, 5.41) is 7.76. The summed E-state index contributed by atoms with van der Waals surface area (Å²) in [4.78, 5) is 17.8. The molecule has 7 heteroatoms. The molecule has 0 bridgehead atoms. The standard InChI is InChI=1S/C23H22N4O3/c1-29-19-10-6-9-16(22(19)30-2)21-20-17(26-23-24-13-25-27(21)23)11-15(12-18(20)28)14-7-4-3-5-8-14/h3-10,13,15,21H,11-12H2,1-2H3,(H,24,25,26)/t15-,21+/m1/s1. The van der Waals surface area contributed by atoms with E-state index < -0.39 is 6.04 Å². The summed E-state index contributed by atoms with van der Waals surface area (Å²) in [6.07, 6.45) is 2.69. The van der Waals surface area contributed by atoms with Crippen LogP contribution in [0.3, 0.4) is 0 Å². The number of para-hydroxylation sites is 1. The maximum atomic E-state index is 13.5. The van der Waals surface area contributed by atoms with Crippen LogP contribution < -0.4 is 14.8 Å². The van der Waals surface area contributed by atoms with Crippen molar-refractivity contribution in [2.45, 2.75) is 24.8 Å². The van der Waals surface area contributed by atoms with Crippen molar-refractivity contribution in [2.75, 3.05) is 19.5 Å². The zero-order chi connectivity index (χ0) is 20.7. The van der Waals surface area contributed by atoms with E-state index in [1.807, 2.05) is 36.4 Å². The molecule has 1 aromatic heterocycles. The molecule has 152 valence electrons. The smallest absolute Gasteiger partial charge is 0.226 e. The van der Waals surface area contributed by atoms with Crippen LogP contribution in [0.2, 0.25) is 0 Å². The van der Waals surface area contributed by atoms with Crippen molar-refractivity contribution >= 4 is 11.7 Å². The van der Waals surface area contributed by atoms with Crippen molar-refractivity contribution in [3.8, 4) is 11.5 Å². The third-order valence-electron chi connectivity index (χ3n) is 5.86. The number of fused-ring (bicyclic) bond motifs is 1. The molecule has 7 nitrogen and oxygen atoms in total. The predicted octanol–water partition coefficient (Wildman–Crippen LogP) is 3.71. The van der Waals surface area contributed by atoms with E-state index in [-0.39, 0.29) is 11.7 Å². The van der Waals surface area contributed by atoms with E-state index >= 15 is 0 Å². The van der Waals surface area contributed by atoms with Gasteiger partial charge in [0.2, 0.25) is 5.95 Å². The van der Waals surface area contributed by atoms with Crippen LogP contribution in [-0.2, 0) is 4.79 Å². The Bertz CT molecular complexity index is 1140. The zero-order valence-corrected chi connectivity index (χ0v) is 16.8. The lowest BCUT2D eigenvalue weighted by atomic mass is 9.78. The SMILES string of the molecule is COc1cccc([C@H]2C3=C(C[C@@H](c4ccccc4)CC3=O)Nc3ncnn32)c1OC. The normalized spacial score (nSPS) is 20.3. The van der Waals surface area contributed by atoms with Crippen molar-refractivity contribution in [3.63, 3.8) is 0 Å². The van der Waals surface area contributed by atoms with E-state index in [0.717, 1.165) is 17.7 Å². The average molecular weight is 402 g/mol. The minimum atomic E-state index is -0.423. The summed E-state index contributed by atoms with van der Waals surface area (Å²) in [5.41, 5.74) is 3.60. The van der Waals surface area contributed by atoms with Gasteiger partial charge in [-0.2, -0.15) is 10.1 Å². The minimum absolute atomic E-state index is 0.105. The van der Waals surface area contributed by atoms with Gasteiger partial charge in [-0.1, -0.05) is 42.5 Å². The molecule has 2 atom stereocenters. The number of ketones is 1. The van der Waals surface area contributed by atoms with E-state index in [1.165, 1.54) is 11.9 Å².